The Labute approximate surface area is 84.0 Å². The smallest absolute Gasteiger partial charge is 0.130 e. The highest BCUT2D eigenvalue weighted by atomic mass is 15.0. The van der Waals surface area contributed by atoms with Gasteiger partial charge in [-0.15, -0.1) is 6.58 Å². The average molecular weight is 192 g/mol. The number of anilines is 1. The van der Waals surface area contributed by atoms with Gasteiger partial charge in [-0.2, -0.15) is 0 Å². The van der Waals surface area contributed by atoms with Gasteiger partial charge in [-0.05, 0) is 5.92 Å². The first-order valence-corrected chi connectivity index (χ1v) is 4.61. The highest BCUT2D eigenvalue weighted by Gasteiger charge is 2.13. The van der Waals surface area contributed by atoms with Gasteiger partial charge in [-0.1, -0.05) is 19.9 Å². The number of imidazole rings is 1. The molecule has 0 bridgehead atoms. The van der Waals surface area contributed by atoms with Crippen molar-refractivity contribution in [2.45, 2.75) is 13.8 Å². The van der Waals surface area contributed by atoms with Crippen LogP contribution < -0.4 is 5.73 Å². The Morgan fingerprint density at radius 3 is 2.93 bits per heavy atom. The van der Waals surface area contributed by atoms with Crippen LogP contribution in [0.2, 0.25) is 0 Å². The summed E-state index contributed by atoms with van der Waals surface area (Å²) in [5.41, 5.74) is 7.40. The summed E-state index contributed by atoms with van der Waals surface area (Å²) in [5, 5.41) is 0. The molecule has 1 heterocycles. The molecular formula is C10H16N4. The lowest BCUT2D eigenvalue weighted by molar-refractivity contribution is 0.873. The number of aromatic nitrogens is 2. The molecule has 0 amide bonds. The van der Waals surface area contributed by atoms with Crippen molar-refractivity contribution in [1.82, 2.24) is 9.97 Å². The predicted octanol–water partition coefficient (Wildman–Crippen LogP) is 1.62. The van der Waals surface area contributed by atoms with E-state index in [4.69, 9.17) is 5.73 Å². The maximum atomic E-state index is 5.73. The van der Waals surface area contributed by atoms with Crippen LogP contribution in [0.15, 0.2) is 24.0 Å². The van der Waals surface area contributed by atoms with Gasteiger partial charge in [0.25, 0.3) is 0 Å². The van der Waals surface area contributed by atoms with Crippen molar-refractivity contribution in [2.24, 2.45) is 10.9 Å². The number of nitrogen functional groups attached to an aromatic ring is 1. The number of aliphatic imine (C=N–C) groups is 1. The maximum absolute atomic E-state index is 5.73. The summed E-state index contributed by atoms with van der Waals surface area (Å²) in [5.74, 6) is 0.877. The first-order valence-electron chi connectivity index (χ1n) is 4.61. The van der Waals surface area contributed by atoms with Crippen LogP contribution in [0.3, 0.4) is 0 Å². The van der Waals surface area contributed by atoms with E-state index >= 15 is 0 Å². The predicted molar refractivity (Wildman–Crippen MR) is 59.4 cm³/mol. The third kappa shape index (κ3) is 2.22. The molecule has 14 heavy (non-hydrogen) atoms. The monoisotopic (exact) mass is 192 g/mol. The lowest BCUT2D eigenvalue weighted by Crippen LogP contribution is -2.12. The van der Waals surface area contributed by atoms with Crippen LogP contribution in [0.1, 0.15) is 19.5 Å². The Kier molecular flexibility index (Phi) is 3.45. The molecule has 4 nitrogen and oxygen atoms in total. The summed E-state index contributed by atoms with van der Waals surface area (Å²) in [6.07, 6.45) is 3.34. The van der Waals surface area contributed by atoms with Crippen LogP contribution >= 0.6 is 0 Å². The first-order chi connectivity index (χ1) is 6.66. The van der Waals surface area contributed by atoms with E-state index in [0.717, 1.165) is 11.4 Å². The van der Waals surface area contributed by atoms with Gasteiger partial charge >= 0.3 is 0 Å². The summed E-state index contributed by atoms with van der Waals surface area (Å²) in [7, 11) is 0. The van der Waals surface area contributed by atoms with Crippen LogP contribution in [-0.2, 0) is 0 Å². The molecule has 0 fully saturated rings. The molecule has 0 aliphatic heterocycles. The van der Waals surface area contributed by atoms with Gasteiger partial charge < -0.3 is 10.7 Å². The molecule has 0 aliphatic carbocycles. The zero-order valence-corrected chi connectivity index (χ0v) is 8.62. The Hall–Kier alpha value is -1.58. The number of aromatic amines is 1. The third-order valence-electron chi connectivity index (χ3n) is 1.85. The van der Waals surface area contributed by atoms with Crippen molar-refractivity contribution in [3.63, 3.8) is 0 Å². The number of hydrogen-bond acceptors (Lipinski definition) is 3. The van der Waals surface area contributed by atoms with Gasteiger partial charge in [0.05, 0.1) is 18.6 Å². The molecular weight excluding hydrogens is 176 g/mol. The second kappa shape index (κ2) is 4.60. The first kappa shape index (κ1) is 10.5. The van der Waals surface area contributed by atoms with Crippen molar-refractivity contribution < 1.29 is 0 Å². The van der Waals surface area contributed by atoms with E-state index in [1.807, 2.05) is 0 Å². The summed E-state index contributed by atoms with van der Waals surface area (Å²) in [4.78, 5) is 11.4. The van der Waals surface area contributed by atoms with Crippen molar-refractivity contribution in [3.05, 3.63) is 24.7 Å². The van der Waals surface area contributed by atoms with E-state index in [1.54, 1.807) is 12.4 Å². The zero-order chi connectivity index (χ0) is 10.6. The van der Waals surface area contributed by atoms with Crippen molar-refractivity contribution in [3.8, 4) is 0 Å². The van der Waals surface area contributed by atoms with Crippen LogP contribution in [0.4, 0.5) is 5.82 Å². The van der Waals surface area contributed by atoms with Crippen molar-refractivity contribution >= 4 is 11.5 Å². The lowest BCUT2D eigenvalue weighted by Gasteiger charge is -2.07. The second-order valence-electron chi connectivity index (χ2n) is 3.33. The summed E-state index contributed by atoms with van der Waals surface area (Å²) in [6.45, 7) is 8.36. The summed E-state index contributed by atoms with van der Waals surface area (Å²) in [6, 6.07) is 0. The SMILES string of the molecule is C=CC/N=C(\c1nc[nH]c1N)C(C)C. The minimum atomic E-state index is 0.306. The molecule has 4 heteroatoms. The van der Waals surface area contributed by atoms with E-state index in [-0.39, 0.29) is 0 Å². The quantitative estimate of drug-likeness (QED) is 0.562. The van der Waals surface area contributed by atoms with Crippen LogP contribution in [0.5, 0.6) is 0 Å². The van der Waals surface area contributed by atoms with E-state index in [9.17, 15) is 0 Å². The van der Waals surface area contributed by atoms with Crippen molar-refractivity contribution in [2.75, 3.05) is 12.3 Å². The standard InChI is InChI=1S/C10H16N4/c1-4-5-12-8(7(2)3)9-10(11)14-6-13-9/h4,6-7H,1,5,11H2,2-3H3,(H,13,14)/b12-8-. The second-order valence-corrected chi connectivity index (χ2v) is 3.33. The molecule has 0 aromatic carbocycles. The molecule has 0 spiro atoms. The van der Waals surface area contributed by atoms with Gasteiger partial charge in [0, 0.05) is 0 Å². The zero-order valence-electron chi connectivity index (χ0n) is 8.62. The molecule has 76 valence electrons. The number of nitrogens with one attached hydrogen (secondary N) is 1. The van der Waals surface area contributed by atoms with Crippen LogP contribution in [-0.4, -0.2) is 22.2 Å². The van der Waals surface area contributed by atoms with Gasteiger partial charge in [-0.3, -0.25) is 4.99 Å². The largest absolute Gasteiger partial charge is 0.383 e. The number of H-pyrrole nitrogens is 1. The summed E-state index contributed by atoms with van der Waals surface area (Å²) >= 11 is 0. The Morgan fingerprint density at radius 2 is 2.50 bits per heavy atom. The molecule has 0 saturated heterocycles. The van der Waals surface area contributed by atoms with Crippen molar-refractivity contribution in [1.29, 1.82) is 0 Å². The van der Waals surface area contributed by atoms with E-state index in [2.05, 4.69) is 35.4 Å². The van der Waals surface area contributed by atoms with E-state index in [1.165, 1.54) is 0 Å². The maximum Gasteiger partial charge on any atom is 0.130 e. The van der Waals surface area contributed by atoms with Gasteiger partial charge in [-0.25, -0.2) is 4.98 Å². The Bertz CT molecular complexity index is 336. The molecule has 0 aliphatic rings. The van der Waals surface area contributed by atoms with E-state index < -0.39 is 0 Å². The number of nitrogens with two attached hydrogens (primary N) is 1. The normalized spacial score (nSPS) is 12.1. The topological polar surface area (TPSA) is 67.1 Å². The fourth-order valence-corrected chi connectivity index (χ4v) is 1.20. The number of nitrogens with zero attached hydrogens (tertiary/aromatic N) is 2. The molecule has 0 atom stereocenters. The number of hydrogen-bond donors (Lipinski definition) is 2. The van der Waals surface area contributed by atoms with Crippen LogP contribution in [0, 0.1) is 5.92 Å². The Morgan fingerprint density at radius 1 is 1.79 bits per heavy atom. The summed E-state index contributed by atoms with van der Waals surface area (Å²) < 4.78 is 0. The highest BCUT2D eigenvalue weighted by Crippen LogP contribution is 2.12. The Balaban J connectivity index is 3.00. The number of rotatable bonds is 4. The molecule has 0 unspecified atom stereocenters. The lowest BCUT2D eigenvalue weighted by atomic mass is 10.1. The third-order valence-corrected chi connectivity index (χ3v) is 1.85. The molecule has 1 aromatic rings. The van der Waals surface area contributed by atoms with Gasteiger partial charge in [0.15, 0.2) is 0 Å². The highest BCUT2D eigenvalue weighted by molar-refractivity contribution is 6.03. The molecule has 0 radical (unpaired) electrons. The molecule has 1 aromatic heterocycles. The molecule has 3 N–H and O–H groups in total. The van der Waals surface area contributed by atoms with E-state index in [0.29, 0.717) is 18.3 Å². The molecule has 0 saturated carbocycles. The van der Waals surface area contributed by atoms with Gasteiger partial charge in [0.2, 0.25) is 0 Å². The van der Waals surface area contributed by atoms with Crippen LogP contribution in [0.25, 0.3) is 0 Å². The minimum absolute atomic E-state index is 0.306. The van der Waals surface area contributed by atoms with Gasteiger partial charge in [0.1, 0.15) is 11.5 Å². The minimum Gasteiger partial charge on any atom is -0.383 e. The fraction of sp³-hybridized carbons (Fsp3) is 0.400. The average Bonchev–Trinajstić information content (AvgIpc) is 2.52. The fourth-order valence-electron chi connectivity index (χ4n) is 1.20. The molecule has 1 rings (SSSR count).